The van der Waals surface area contributed by atoms with Gasteiger partial charge in [0.2, 0.25) is 0 Å². The highest BCUT2D eigenvalue weighted by Gasteiger charge is 2.25. The summed E-state index contributed by atoms with van der Waals surface area (Å²) in [6, 6.07) is 68.8. The summed E-state index contributed by atoms with van der Waals surface area (Å²) < 4.78 is 16.1. The molecule has 0 bridgehead atoms. The molecule has 262 valence electrons. The Morgan fingerprint density at radius 3 is 1.66 bits per heavy atom. The molecule has 0 fully saturated rings. The molecule has 0 atom stereocenters. The molecule has 0 unspecified atom stereocenters. The van der Waals surface area contributed by atoms with E-state index in [-0.39, 0.29) is 0 Å². The van der Waals surface area contributed by atoms with Crippen LogP contribution in [-0.4, -0.2) is 4.57 Å². The van der Waals surface area contributed by atoms with Crippen LogP contribution in [-0.2, 0) is 0 Å². The zero-order valence-electron chi connectivity index (χ0n) is 30.2. The van der Waals surface area contributed by atoms with Crippen molar-refractivity contribution in [1.29, 1.82) is 0 Å². The molecule has 0 aliphatic carbocycles. The van der Waals surface area contributed by atoms with Crippen molar-refractivity contribution in [2.24, 2.45) is 0 Å². The molecule has 0 saturated carbocycles. The van der Waals surface area contributed by atoms with Crippen LogP contribution in [0.25, 0.3) is 93.3 Å². The third-order valence-corrected chi connectivity index (χ3v) is 11.4. The van der Waals surface area contributed by atoms with Crippen LogP contribution < -0.4 is 4.90 Å². The number of para-hydroxylation sites is 4. The minimum atomic E-state index is 0.824. The van der Waals surface area contributed by atoms with Gasteiger partial charge in [0.25, 0.3) is 0 Å². The Bertz CT molecular complexity index is 3430. The number of fused-ring (bicyclic) bond motifs is 11. The van der Waals surface area contributed by atoms with Crippen molar-refractivity contribution in [3.8, 4) is 16.8 Å². The third kappa shape index (κ3) is 4.47. The lowest BCUT2D eigenvalue weighted by molar-refractivity contribution is 0.669. The molecule has 0 amide bonds. The van der Waals surface area contributed by atoms with E-state index in [1.165, 1.54) is 27.4 Å². The van der Waals surface area contributed by atoms with Gasteiger partial charge in [0, 0.05) is 43.4 Å². The van der Waals surface area contributed by atoms with Gasteiger partial charge in [-0.15, -0.1) is 0 Å². The quantitative estimate of drug-likeness (QED) is 0.178. The van der Waals surface area contributed by atoms with Crippen LogP contribution in [0, 0.1) is 0 Å². The standard InChI is InChI=1S/C52H32N2O2/c1-2-14-33(15-3-1)34-28-30-35(31-29-34)53(46-25-12-21-41-39-19-8-11-26-48(39)55-52(41)46)45-24-13-27-49-50(45)42-32-47(38-18-4-5-20-40(38)51(42)56-49)54-43-22-9-6-16-36(43)37-17-7-10-23-44(37)54/h1-32H. The lowest BCUT2D eigenvalue weighted by Gasteiger charge is -2.26. The van der Waals surface area contributed by atoms with E-state index in [1.807, 2.05) is 12.1 Å². The number of benzene rings is 9. The summed E-state index contributed by atoms with van der Waals surface area (Å²) in [4.78, 5) is 2.34. The molecule has 0 aliphatic heterocycles. The zero-order chi connectivity index (χ0) is 36.7. The number of furan rings is 2. The Morgan fingerprint density at radius 1 is 0.357 bits per heavy atom. The smallest absolute Gasteiger partial charge is 0.159 e. The SMILES string of the molecule is c1ccc(-c2ccc(N(c3cccc4c3oc3ccccc34)c3cccc4oc5c6ccccc6c(-n6c7ccccc7c7ccccc76)cc5c34)cc2)cc1. The van der Waals surface area contributed by atoms with Gasteiger partial charge in [-0.3, -0.25) is 0 Å². The predicted molar refractivity (Wildman–Crippen MR) is 233 cm³/mol. The van der Waals surface area contributed by atoms with Crippen molar-refractivity contribution in [2.45, 2.75) is 0 Å². The number of aromatic nitrogens is 1. The molecule has 0 radical (unpaired) electrons. The first-order chi connectivity index (χ1) is 27.8. The summed E-state index contributed by atoms with van der Waals surface area (Å²) in [5.74, 6) is 0. The van der Waals surface area contributed by atoms with E-state index in [9.17, 15) is 0 Å². The van der Waals surface area contributed by atoms with Crippen molar-refractivity contribution >= 4 is 93.5 Å². The minimum absolute atomic E-state index is 0.824. The monoisotopic (exact) mass is 716 g/mol. The molecule has 4 heteroatoms. The van der Waals surface area contributed by atoms with Gasteiger partial charge in [-0.05, 0) is 65.7 Å². The van der Waals surface area contributed by atoms with E-state index in [0.717, 1.165) is 83.0 Å². The number of hydrogen-bond acceptors (Lipinski definition) is 3. The van der Waals surface area contributed by atoms with Crippen LogP contribution in [0.2, 0.25) is 0 Å². The van der Waals surface area contributed by atoms with Crippen molar-refractivity contribution in [3.63, 3.8) is 0 Å². The van der Waals surface area contributed by atoms with Gasteiger partial charge in [0.05, 0.1) is 33.5 Å². The molecule has 3 aromatic heterocycles. The largest absolute Gasteiger partial charge is 0.455 e. The average molecular weight is 717 g/mol. The Labute approximate surface area is 321 Å². The molecule has 0 saturated heterocycles. The number of hydrogen-bond donors (Lipinski definition) is 0. The van der Waals surface area contributed by atoms with E-state index in [0.29, 0.717) is 0 Å². The van der Waals surface area contributed by atoms with Crippen LogP contribution in [0.15, 0.2) is 203 Å². The number of anilines is 3. The molecular formula is C52H32N2O2. The van der Waals surface area contributed by atoms with E-state index < -0.39 is 0 Å². The fraction of sp³-hybridized carbons (Fsp3) is 0. The summed E-state index contributed by atoms with van der Waals surface area (Å²) >= 11 is 0. The molecule has 9 aromatic carbocycles. The van der Waals surface area contributed by atoms with Gasteiger partial charge in [0.15, 0.2) is 5.58 Å². The molecule has 12 rings (SSSR count). The van der Waals surface area contributed by atoms with Gasteiger partial charge in [-0.25, -0.2) is 0 Å². The Balaban J connectivity index is 1.18. The van der Waals surface area contributed by atoms with Gasteiger partial charge in [0.1, 0.15) is 16.7 Å². The highest BCUT2D eigenvalue weighted by molar-refractivity contribution is 6.23. The lowest BCUT2D eigenvalue weighted by Crippen LogP contribution is -2.10. The van der Waals surface area contributed by atoms with Crippen molar-refractivity contribution < 1.29 is 8.83 Å². The highest BCUT2D eigenvalue weighted by Crippen LogP contribution is 2.48. The van der Waals surface area contributed by atoms with E-state index in [1.54, 1.807) is 0 Å². The summed E-state index contributed by atoms with van der Waals surface area (Å²) in [7, 11) is 0. The Hall–Kier alpha value is -7.56. The first kappa shape index (κ1) is 30.9. The molecule has 0 N–H and O–H groups in total. The normalized spacial score (nSPS) is 11.9. The van der Waals surface area contributed by atoms with Gasteiger partial charge < -0.3 is 18.3 Å². The van der Waals surface area contributed by atoms with E-state index in [2.05, 4.69) is 191 Å². The minimum Gasteiger partial charge on any atom is -0.455 e. The average Bonchev–Trinajstić information content (AvgIpc) is 3.95. The van der Waals surface area contributed by atoms with Crippen LogP contribution in [0.4, 0.5) is 17.1 Å². The summed E-state index contributed by atoms with van der Waals surface area (Å²) in [5.41, 5.74) is 12.2. The Kier molecular flexibility index (Phi) is 6.60. The molecule has 12 aromatic rings. The zero-order valence-corrected chi connectivity index (χ0v) is 30.2. The van der Waals surface area contributed by atoms with E-state index >= 15 is 0 Å². The molecule has 3 heterocycles. The van der Waals surface area contributed by atoms with Gasteiger partial charge in [-0.2, -0.15) is 0 Å². The van der Waals surface area contributed by atoms with Crippen LogP contribution in [0.1, 0.15) is 0 Å². The highest BCUT2D eigenvalue weighted by atomic mass is 16.3. The van der Waals surface area contributed by atoms with Crippen molar-refractivity contribution in [1.82, 2.24) is 4.57 Å². The van der Waals surface area contributed by atoms with Crippen molar-refractivity contribution in [2.75, 3.05) is 4.90 Å². The second-order valence-corrected chi connectivity index (χ2v) is 14.4. The first-order valence-corrected chi connectivity index (χ1v) is 19.0. The third-order valence-electron chi connectivity index (χ3n) is 11.4. The topological polar surface area (TPSA) is 34.5 Å². The molecule has 56 heavy (non-hydrogen) atoms. The van der Waals surface area contributed by atoms with E-state index in [4.69, 9.17) is 8.83 Å². The molecule has 0 spiro atoms. The summed E-state index contributed by atoms with van der Waals surface area (Å²) in [5, 5.41) is 8.92. The molecule has 4 nitrogen and oxygen atoms in total. The maximum atomic E-state index is 6.93. The maximum Gasteiger partial charge on any atom is 0.159 e. The predicted octanol–water partition coefficient (Wildman–Crippen LogP) is 14.9. The second-order valence-electron chi connectivity index (χ2n) is 14.4. The van der Waals surface area contributed by atoms with Crippen LogP contribution >= 0.6 is 0 Å². The maximum absolute atomic E-state index is 6.93. The number of nitrogens with zero attached hydrogens (tertiary/aromatic N) is 2. The molecular weight excluding hydrogens is 685 g/mol. The van der Waals surface area contributed by atoms with Gasteiger partial charge in [-0.1, -0.05) is 140 Å². The fourth-order valence-electron chi connectivity index (χ4n) is 8.91. The van der Waals surface area contributed by atoms with Crippen LogP contribution in [0.3, 0.4) is 0 Å². The lowest BCUT2D eigenvalue weighted by atomic mass is 10.0. The first-order valence-electron chi connectivity index (χ1n) is 19.0. The van der Waals surface area contributed by atoms with Crippen LogP contribution in [0.5, 0.6) is 0 Å². The second kappa shape index (κ2) is 12.0. The fourth-order valence-corrected chi connectivity index (χ4v) is 8.91. The summed E-state index contributed by atoms with van der Waals surface area (Å²) in [6.07, 6.45) is 0. The summed E-state index contributed by atoms with van der Waals surface area (Å²) in [6.45, 7) is 0. The van der Waals surface area contributed by atoms with Gasteiger partial charge >= 0.3 is 0 Å². The number of rotatable bonds is 5. The Morgan fingerprint density at radius 2 is 0.893 bits per heavy atom. The van der Waals surface area contributed by atoms with Crippen molar-refractivity contribution in [3.05, 3.63) is 194 Å². The molecule has 0 aliphatic rings.